The molecule has 0 saturated carbocycles. The summed E-state index contributed by atoms with van der Waals surface area (Å²) in [7, 11) is -3.37. The lowest BCUT2D eigenvalue weighted by molar-refractivity contribution is 0.0729. The number of aromatic nitrogens is 2. The van der Waals surface area contributed by atoms with Crippen LogP contribution in [0, 0.1) is 0 Å². The summed E-state index contributed by atoms with van der Waals surface area (Å²) in [5, 5.41) is 0.622. The number of sulfonamides is 1. The van der Waals surface area contributed by atoms with Crippen molar-refractivity contribution in [3.63, 3.8) is 0 Å². The summed E-state index contributed by atoms with van der Waals surface area (Å²) in [6.07, 6.45) is 3.22. The van der Waals surface area contributed by atoms with Crippen molar-refractivity contribution in [3.8, 4) is 22.4 Å². The van der Waals surface area contributed by atoms with E-state index in [9.17, 15) is 13.2 Å². The number of morpholine rings is 1. The maximum absolute atomic E-state index is 12.7. The van der Waals surface area contributed by atoms with E-state index < -0.39 is 15.9 Å². The first-order valence-electron chi connectivity index (χ1n) is 11.5. The molecule has 0 aliphatic carbocycles. The van der Waals surface area contributed by atoms with Crippen LogP contribution in [0.1, 0.15) is 15.9 Å². The van der Waals surface area contributed by atoms with Gasteiger partial charge < -0.3 is 4.74 Å². The molecule has 4 aromatic rings. The molecule has 3 heterocycles. The molecule has 0 radical (unpaired) electrons. The number of ether oxygens (including phenoxy) is 1. The van der Waals surface area contributed by atoms with Gasteiger partial charge in [-0.2, -0.15) is 4.31 Å². The van der Waals surface area contributed by atoms with Crippen LogP contribution in [0.15, 0.2) is 73.1 Å². The quantitative estimate of drug-likeness (QED) is 0.235. The van der Waals surface area contributed by atoms with Gasteiger partial charge in [0.05, 0.1) is 35.7 Å². The highest BCUT2D eigenvalue weighted by atomic mass is 32.2. The summed E-state index contributed by atoms with van der Waals surface area (Å²) >= 11 is 0. The molecule has 9 nitrogen and oxygen atoms in total. The fourth-order valence-electron chi connectivity index (χ4n) is 4.24. The van der Waals surface area contributed by atoms with E-state index in [0.29, 0.717) is 48.5 Å². The number of nitrogens with one attached hydrogen (secondary N) is 1. The number of benzene rings is 2. The van der Waals surface area contributed by atoms with Crippen LogP contribution in [0.2, 0.25) is 0 Å². The molecular formula is C26H25N5O4S. The van der Waals surface area contributed by atoms with Crippen LogP contribution >= 0.6 is 0 Å². The van der Waals surface area contributed by atoms with Gasteiger partial charge in [0.2, 0.25) is 10.0 Å². The number of rotatable bonds is 6. The predicted octanol–water partition coefficient (Wildman–Crippen LogP) is 2.73. The fourth-order valence-corrected chi connectivity index (χ4v) is 5.74. The van der Waals surface area contributed by atoms with Crippen LogP contribution in [-0.2, 0) is 20.5 Å². The first-order chi connectivity index (χ1) is 17.4. The van der Waals surface area contributed by atoms with Crippen molar-refractivity contribution >= 4 is 26.8 Å². The monoisotopic (exact) mass is 503 g/mol. The van der Waals surface area contributed by atoms with Gasteiger partial charge in [-0.3, -0.25) is 15.2 Å². The summed E-state index contributed by atoms with van der Waals surface area (Å²) in [6.45, 7) is 1.66. The van der Waals surface area contributed by atoms with E-state index in [2.05, 4.69) is 15.4 Å². The van der Waals surface area contributed by atoms with E-state index in [1.807, 2.05) is 48.5 Å². The molecule has 2 aromatic heterocycles. The number of hydrazine groups is 1. The molecule has 10 heteroatoms. The molecule has 184 valence electrons. The molecule has 1 aliphatic rings. The van der Waals surface area contributed by atoms with Crippen molar-refractivity contribution in [1.29, 1.82) is 0 Å². The summed E-state index contributed by atoms with van der Waals surface area (Å²) in [5.74, 6) is 4.92. The van der Waals surface area contributed by atoms with Gasteiger partial charge in [0.1, 0.15) is 0 Å². The summed E-state index contributed by atoms with van der Waals surface area (Å²) < 4.78 is 32.1. The molecular weight excluding hydrogens is 478 g/mol. The normalized spacial score (nSPS) is 14.6. The number of nitrogens with zero attached hydrogens (tertiary/aromatic N) is 3. The number of amides is 1. The number of nitrogen functional groups attached to an aromatic ring is 1. The minimum Gasteiger partial charge on any atom is -0.379 e. The molecule has 1 saturated heterocycles. The van der Waals surface area contributed by atoms with Gasteiger partial charge in [-0.05, 0) is 28.8 Å². The second-order valence-electron chi connectivity index (χ2n) is 8.46. The molecule has 36 heavy (non-hydrogen) atoms. The highest BCUT2D eigenvalue weighted by molar-refractivity contribution is 7.88. The van der Waals surface area contributed by atoms with E-state index >= 15 is 0 Å². The van der Waals surface area contributed by atoms with Crippen LogP contribution in [0.25, 0.3) is 33.3 Å². The Bertz CT molecular complexity index is 1500. The number of pyridine rings is 2. The van der Waals surface area contributed by atoms with E-state index in [0.717, 1.165) is 22.3 Å². The maximum Gasteiger partial charge on any atom is 0.265 e. The Morgan fingerprint density at radius 3 is 2.28 bits per heavy atom. The summed E-state index contributed by atoms with van der Waals surface area (Å²) in [6, 6.07) is 18.8. The SMILES string of the molecule is NNC(=O)c1cc(-c2ccc(-c3ccc(CS(=O)(=O)N4CCOCC4)cc3)cc2)nc2ccncc12. The average molecular weight is 504 g/mol. The molecule has 0 bridgehead atoms. The van der Waals surface area contributed by atoms with Crippen LogP contribution < -0.4 is 11.3 Å². The molecule has 1 aliphatic heterocycles. The standard InChI is InChI=1S/C26H25N5O4S/c27-30-26(32)22-15-25(29-24-9-10-28-16-23(22)24)21-7-5-20(6-8-21)19-3-1-18(2-4-19)17-36(33,34)31-11-13-35-14-12-31/h1-10,15-16H,11-14,17,27H2,(H,30,32). The van der Waals surface area contributed by atoms with Crippen molar-refractivity contribution in [2.75, 3.05) is 26.3 Å². The third-order valence-electron chi connectivity index (χ3n) is 6.17. The minimum atomic E-state index is -3.37. The topological polar surface area (TPSA) is 128 Å². The number of carbonyl (C=O) groups is 1. The number of nitrogens with two attached hydrogens (primary N) is 1. The van der Waals surface area contributed by atoms with Gasteiger partial charge in [-0.15, -0.1) is 0 Å². The Morgan fingerprint density at radius 2 is 1.61 bits per heavy atom. The van der Waals surface area contributed by atoms with Crippen LogP contribution in [-0.4, -0.2) is 54.9 Å². The predicted molar refractivity (Wildman–Crippen MR) is 137 cm³/mol. The molecule has 3 N–H and O–H groups in total. The maximum atomic E-state index is 12.7. The molecule has 0 unspecified atom stereocenters. The van der Waals surface area contributed by atoms with E-state index in [1.165, 1.54) is 4.31 Å². The van der Waals surface area contributed by atoms with Crippen molar-refractivity contribution in [1.82, 2.24) is 19.7 Å². The first kappa shape index (κ1) is 24.0. The Morgan fingerprint density at radius 1 is 0.972 bits per heavy atom. The zero-order valence-corrected chi connectivity index (χ0v) is 20.2. The van der Waals surface area contributed by atoms with E-state index in [-0.39, 0.29) is 5.75 Å². The van der Waals surface area contributed by atoms with Gasteiger partial charge in [0.25, 0.3) is 5.91 Å². The van der Waals surface area contributed by atoms with Gasteiger partial charge in [0, 0.05) is 36.4 Å². The van der Waals surface area contributed by atoms with Gasteiger partial charge >= 0.3 is 0 Å². The number of hydrogen-bond acceptors (Lipinski definition) is 7. The molecule has 1 fully saturated rings. The van der Waals surface area contributed by atoms with Crippen molar-refractivity contribution < 1.29 is 17.9 Å². The molecule has 5 rings (SSSR count). The first-order valence-corrected chi connectivity index (χ1v) is 13.1. The van der Waals surface area contributed by atoms with Gasteiger partial charge in [-0.25, -0.2) is 19.2 Å². The molecule has 2 aromatic carbocycles. The van der Waals surface area contributed by atoms with Crippen molar-refractivity contribution in [2.24, 2.45) is 5.84 Å². The lowest BCUT2D eigenvalue weighted by atomic mass is 10.0. The summed E-state index contributed by atoms with van der Waals surface area (Å²) in [4.78, 5) is 21.1. The smallest absolute Gasteiger partial charge is 0.265 e. The highest BCUT2D eigenvalue weighted by Gasteiger charge is 2.24. The highest BCUT2D eigenvalue weighted by Crippen LogP contribution is 2.28. The number of fused-ring (bicyclic) bond motifs is 1. The molecule has 0 spiro atoms. The van der Waals surface area contributed by atoms with Crippen molar-refractivity contribution in [2.45, 2.75) is 5.75 Å². The Kier molecular flexibility index (Phi) is 6.75. The largest absolute Gasteiger partial charge is 0.379 e. The lowest BCUT2D eigenvalue weighted by Crippen LogP contribution is -2.41. The lowest BCUT2D eigenvalue weighted by Gasteiger charge is -2.26. The van der Waals surface area contributed by atoms with Gasteiger partial charge in [0.15, 0.2) is 0 Å². The summed E-state index contributed by atoms with van der Waals surface area (Å²) in [5.41, 5.74) is 7.40. The van der Waals surface area contributed by atoms with Crippen LogP contribution in [0.5, 0.6) is 0 Å². The number of hydrogen-bond donors (Lipinski definition) is 2. The average Bonchev–Trinajstić information content (AvgIpc) is 2.93. The Hall–Kier alpha value is -3.70. The second kappa shape index (κ2) is 10.1. The third kappa shape index (κ3) is 4.98. The zero-order chi connectivity index (χ0) is 25.1. The molecule has 0 atom stereocenters. The van der Waals surface area contributed by atoms with Crippen LogP contribution in [0.3, 0.4) is 0 Å². The number of carbonyl (C=O) groups excluding carboxylic acids is 1. The Balaban J connectivity index is 1.37. The van der Waals surface area contributed by atoms with Gasteiger partial charge in [-0.1, -0.05) is 48.5 Å². The minimum absolute atomic E-state index is 0.0336. The van der Waals surface area contributed by atoms with Crippen molar-refractivity contribution in [3.05, 3.63) is 84.2 Å². The van der Waals surface area contributed by atoms with E-state index in [4.69, 9.17) is 10.6 Å². The molecule has 1 amide bonds. The second-order valence-corrected chi connectivity index (χ2v) is 10.4. The Labute approximate surface area is 209 Å². The zero-order valence-electron chi connectivity index (χ0n) is 19.4. The fraction of sp³-hybridized carbons (Fsp3) is 0.192. The van der Waals surface area contributed by atoms with Crippen LogP contribution in [0.4, 0.5) is 0 Å². The van der Waals surface area contributed by atoms with E-state index in [1.54, 1.807) is 24.5 Å². The third-order valence-corrected chi connectivity index (χ3v) is 8.02.